The summed E-state index contributed by atoms with van der Waals surface area (Å²) in [5.41, 5.74) is 7.20. The van der Waals surface area contributed by atoms with Crippen LogP contribution in [-0.4, -0.2) is 24.7 Å². The summed E-state index contributed by atoms with van der Waals surface area (Å²) < 4.78 is 21.7. The molecule has 10 heteroatoms. The molecular formula is C24H20FN7O2. The third kappa shape index (κ3) is 3.64. The molecule has 3 heterocycles. The predicted octanol–water partition coefficient (Wildman–Crippen LogP) is 4.03. The van der Waals surface area contributed by atoms with Gasteiger partial charge < -0.3 is 15.5 Å². The molecule has 0 radical (unpaired) electrons. The van der Waals surface area contributed by atoms with Crippen LogP contribution in [0.25, 0.3) is 27.9 Å². The van der Waals surface area contributed by atoms with Crippen molar-refractivity contribution in [1.29, 1.82) is 0 Å². The average molecular weight is 457 g/mol. The summed E-state index contributed by atoms with van der Waals surface area (Å²) in [6, 6.07) is 14.9. The molecule has 3 N–H and O–H groups in total. The monoisotopic (exact) mass is 457 g/mol. The normalized spacial score (nSPS) is 12.1. The Balaban J connectivity index is 1.68. The summed E-state index contributed by atoms with van der Waals surface area (Å²) >= 11 is 0. The van der Waals surface area contributed by atoms with Crippen LogP contribution >= 0.6 is 0 Å². The van der Waals surface area contributed by atoms with E-state index in [1.165, 1.54) is 17.0 Å². The third-order valence-electron chi connectivity index (χ3n) is 5.45. The summed E-state index contributed by atoms with van der Waals surface area (Å²) in [5, 5.41) is 11.7. The second-order valence-electron chi connectivity index (χ2n) is 7.72. The molecule has 2 aromatic carbocycles. The first-order valence-electron chi connectivity index (χ1n) is 10.5. The molecule has 0 unspecified atom stereocenters. The van der Waals surface area contributed by atoms with Crippen LogP contribution in [-0.2, 0) is 0 Å². The molecule has 0 aliphatic carbocycles. The largest absolute Gasteiger partial charge is 0.421 e. The van der Waals surface area contributed by atoms with Crippen molar-refractivity contribution in [3.8, 4) is 17.1 Å². The van der Waals surface area contributed by atoms with E-state index in [-0.39, 0.29) is 17.1 Å². The number of para-hydroxylation sites is 1. The second kappa shape index (κ2) is 8.39. The zero-order chi connectivity index (χ0) is 23.8. The van der Waals surface area contributed by atoms with Gasteiger partial charge in [-0.3, -0.25) is 9.36 Å². The van der Waals surface area contributed by atoms with Crippen molar-refractivity contribution in [2.24, 2.45) is 0 Å². The van der Waals surface area contributed by atoms with Gasteiger partial charge in [0.2, 0.25) is 5.89 Å². The number of rotatable bonds is 5. The zero-order valence-corrected chi connectivity index (χ0v) is 18.4. The van der Waals surface area contributed by atoms with Gasteiger partial charge in [0.15, 0.2) is 0 Å². The number of halogens is 1. The molecule has 5 rings (SSSR count). The molecule has 0 saturated carbocycles. The maximum absolute atomic E-state index is 14.6. The summed E-state index contributed by atoms with van der Waals surface area (Å²) in [6.45, 7) is 3.53. The van der Waals surface area contributed by atoms with Crippen molar-refractivity contribution >= 4 is 22.4 Å². The number of nitrogens with two attached hydrogens (primary N) is 1. The number of benzene rings is 2. The highest BCUT2D eigenvalue weighted by Gasteiger charge is 2.22. The maximum atomic E-state index is 14.6. The molecule has 5 aromatic rings. The first kappa shape index (κ1) is 21.3. The van der Waals surface area contributed by atoms with Crippen LogP contribution in [0.2, 0.25) is 0 Å². The molecule has 0 spiro atoms. The van der Waals surface area contributed by atoms with E-state index >= 15 is 0 Å². The van der Waals surface area contributed by atoms with Gasteiger partial charge in [0, 0.05) is 18.3 Å². The lowest BCUT2D eigenvalue weighted by Crippen LogP contribution is -2.26. The summed E-state index contributed by atoms with van der Waals surface area (Å²) in [7, 11) is 0. The van der Waals surface area contributed by atoms with Crippen LogP contribution < -0.4 is 16.6 Å². The van der Waals surface area contributed by atoms with E-state index in [0.717, 1.165) is 0 Å². The Labute approximate surface area is 193 Å². The standard InChI is InChI=1S/C24H20FN7O2/c1-13(29-22-20(21(26)27-12-28-22)23-31-30-14(2)34-23)18-11-15-7-6-10-17(25)19(15)24(33)32(18)16-8-4-3-5-9-16/h3-13H,1-2H3,(H3,26,27,28,29)/t13-/m0/s1. The Morgan fingerprint density at radius 1 is 1.09 bits per heavy atom. The lowest BCUT2D eigenvalue weighted by atomic mass is 10.1. The number of nitrogens with zero attached hydrogens (tertiary/aromatic N) is 5. The Bertz CT molecular complexity index is 1560. The van der Waals surface area contributed by atoms with Crippen LogP contribution in [0.3, 0.4) is 0 Å². The Morgan fingerprint density at radius 2 is 1.88 bits per heavy atom. The van der Waals surface area contributed by atoms with Gasteiger partial charge in [0.25, 0.3) is 11.4 Å². The number of aromatic nitrogens is 5. The summed E-state index contributed by atoms with van der Waals surface area (Å²) in [5.74, 6) is 0.486. The number of nitrogens with one attached hydrogen (secondary N) is 1. The lowest BCUT2D eigenvalue weighted by Gasteiger charge is -2.22. The van der Waals surface area contributed by atoms with Crippen LogP contribution in [0.15, 0.2) is 70.1 Å². The quantitative estimate of drug-likeness (QED) is 0.405. The Morgan fingerprint density at radius 3 is 2.62 bits per heavy atom. The van der Waals surface area contributed by atoms with E-state index in [0.29, 0.717) is 34.0 Å². The molecule has 0 aliphatic rings. The highest BCUT2D eigenvalue weighted by atomic mass is 19.1. The SMILES string of the molecule is Cc1nnc(-c2c(N)ncnc2N[C@@H](C)c2cc3cccc(F)c3c(=O)n2-c2ccccc2)o1. The van der Waals surface area contributed by atoms with E-state index in [1.54, 1.807) is 37.3 Å². The lowest BCUT2D eigenvalue weighted by molar-refractivity contribution is 0.532. The summed E-state index contributed by atoms with van der Waals surface area (Å²) in [4.78, 5) is 21.8. The van der Waals surface area contributed by atoms with Gasteiger partial charge in [-0.05, 0) is 36.6 Å². The van der Waals surface area contributed by atoms with Gasteiger partial charge in [-0.2, -0.15) is 0 Å². The van der Waals surface area contributed by atoms with Gasteiger partial charge in [-0.25, -0.2) is 14.4 Å². The molecule has 0 bridgehead atoms. The second-order valence-corrected chi connectivity index (χ2v) is 7.72. The molecule has 9 nitrogen and oxygen atoms in total. The molecular weight excluding hydrogens is 437 g/mol. The topological polar surface area (TPSA) is 125 Å². The van der Waals surface area contributed by atoms with Gasteiger partial charge in [0.1, 0.15) is 29.3 Å². The number of anilines is 2. The van der Waals surface area contributed by atoms with Crippen molar-refractivity contribution in [3.63, 3.8) is 0 Å². The molecule has 0 aliphatic heterocycles. The number of nitrogen functional groups attached to an aromatic ring is 1. The molecule has 1 atom stereocenters. The van der Waals surface area contributed by atoms with E-state index in [2.05, 4.69) is 25.5 Å². The van der Waals surface area contributed by atoms with Crippen LogP contribution in [0, 0.1) is 12.7 Å². The van der Waals surface area contributed by atoms with Gasteiger partial charge >= 0.3 is 0 Å². The molecule has 0 amide bonds. The Hall–Kier alpha value is -4.60. The van der Waals surface area contributed by atoms with Gasteiger partial charge in [0.05, 0.1) is 11.4 Å². The predicted molar refractivity (Wildman–Crippen MR) is 126 cm³/mol. The number of hydrogen-bond acceptors (Lipinski definition) is 8. The summed E-state index contributed by atoms with van der Waals surface area (Å²) in [6.07, 6.45) is 1.32. The smallest absolute Gasteiger partial charge is 0.266 e. The average Bonchev–Trinajstić information content (AvgIpc) is 3.25. The van der Waals surface area contributed by atoms with Gasteiger partial charge in [-0.15, -0.1) is 10.2 Å². The number of hydrogen-bond donors (Lipinski definition) is 2. The Kier molecular flexibility index (Phi) is 5.25. The maximum Gasteiger partial charge on any atom is 0.266 e. The first-order chi connectivity index (χ1) is 16.4. The van der Waals surface area contributed by atoms with E-state index in [9.17, 15) is 9.18 Å². The molecule has 0 saturated heterocycles. The fraction of sp³-hybridized carbons (Fsp3) is 0.125. The number of fused-ring (bicyclic) bond motifs is 1. The highest BCUT2D eigenvalue weighted by molar-refractivity contribution is 5.83. The minimum atomic E-state index is -0.572. The van der Waals surface area contributed by atoms with Crippen molar-refractivity contribution < 1.29 is 8.81 Å². The molecule has 34 heavy (non-hydrogen) atoms. The molecule has 3 aromatic heterocycles. The van der Waals surface area contributed by atoms with Crippen molar-refractivity contribution in [1.82, 2.24) is 24.7 Å². The molecule has 0 fully saturated rings. The van der Waals surface area contributed by atoms with Crippen molar-refractivity contribution in [2.45, 2.75) is 19.9 Å². The fourth-order valence-electron chi connectivity index (χ4n) is 3.90. The van der Waals surface area contributed by atoms with Crippen molar-refractivity contribution in [3.05, 3.63) is 88.7 Å². The zero-order valence-electron chi connectivity index (χ0n) is 18.4. The van der Waals surface area contributed by atoms with Crippen LogP contribution in [0.5, 0.6) is 0 Å². The van der Waals surface area contributed by atoms with Gasteiger partial charge in [-0.1, -0.05) is 30.3 Å². The van der Waals surface area contributed by atoms with Crippen molar-refractivity contribution in [2.75, 3.05) is 11.1 Å². The number of pyridine rings is 1. The third-order valence-corrected chi connectivity index (χ3v) is 5.45. The highest BCUT2D eigenvalue weighted by Crippen LogP contribution is 2.32. The first-order valence-corrected chi connectivity index (χ1v) is 10.5. The van der Waals surface area contributed by atoms with Crippen LogP contribution in [0.4, 0.5) is 16.0 Å². The van der Waals surface area contributed by atoms with E-state index < -0.39 is 17.4 Å². The van der Waals surface area contributed by atoms with E-state index in [4.69, 9.17) is 10.2 Å². The fourth-order valence-corrected chi connectivity index (χ4v) is 3.90. The number of aryl methyl sites for hydroxylation is 1. The van der Waals surface area contributed by atoms with Crippen LogP contribution in [0.1, 0.15) is 24.6 Å². The molecule has 170 valence electrons. The minimum absolute atomic E-state index is 0.0237. The minimum Gasteiger partial charge on any atom is -0.421 e. The van der Waals surface area contributed by atoms with E-state index in [1.807, 2.05) is 25.1 Å².